The minimum Gasteiger partial charge on any atom is -0.319 e. The second-order valence-electron chi connectivity index (χ2n) is 2.61. The van der Waals surface area contributed by atoms with Crippen LogP contribution in [0.2, 0.25) is 0 Å². The van der Waals surface area contributed by atoms with Crippen LogP contribution in [0.4, 0.5) is 0 Å². The van der Waals surface area contributed by atoms with E-state index in [1.165, 1.54) is 0 Å². The highest BCUT2D eigenvalue weighted by atomic mass is 16.2. The SMILES string of the molecule is C#CC[C@H]1CCN(C=C)C1=O. The van der Waals surface area contributed by atoms with Gasteiger partial charge < -0.3 is 4.90 Å². The monoisotopic (exact) mass is 149 g/mol. The molecule has 1 heterocycles. The van der Waals surface area contributed by atoms with Crippen molar-refractivity contribution >= 4 is 5.91 Å². The summed E-state index contributed by atoms with van der Waals surface area (Å²) in [6, 6.07) is 0. The van der Waals surface area contributed by atoms with E-state index >= 15 is 0 Å². The molecule has 0 aliphatic carbocycles. The van der Waals surface area contributed by atoms with Crippen LogP contribution in [-0.2, 0) is 4.79 Å². The highest BCUT2D eigenvalue weighted by Crippen LogP contribution is 2.20. The highest BCUT2D eigenvalue weighted by molar-refractivity contribution is 5.82. The van der Waals surface area contributed by atoms with E-state index in [-0.39, 0.29) is 11.8 Å². The number of rotatable bonds is 2. The molecule has 0 unspecified atom stereocenters. The topological polar surface area (TPSA) is 20.3 Å². The van der Waals surface area contributed by atoms with Gasteiger partial charge >= 0.3 is 0 Å². The summed E-state index contributed by atoms with van der Waals surface area (Å²) in [5, 5.41) is 0. The van der Waals surface area contributed by atoms with Gasteiger partial charge in [-0.2, -0.15) is 0 Å². The number of carbonyl (C=O) groups is 1. The van der Waals surface area contributed by atoms with Gasteiger partial charge in [-0.25, -0.2) is 0 Å². The van der Waals surface area contributed by atoms with Crippen molar-refractivity contribution in [3.63, 3.8) is 0 Å². The number of nitrogens with zero attached hydrogens (tertiary/aromatic N) is 1. The molecule has 1 aliphatic rings. The standard InChI is InChI=1S/C9H11NO/c1-3-5-8-6-7-10(4-2)9(8)11/h1,4,8H,2,5-7H2/t8-/m0/s1. The molecule has 2 heteroatoms. The summed E-state index contributed by atoms with van der Waals surface area (Å²) in [7, 11) is 0. The first kappa shape index (κ1) is 7.87. The smallest absolute Gasteiger partial charge is 0.230 e. The third-order valence-corrected chi connectivity index (χ3v) is 1.94. The molecular formula is C9H11NO. The van der Waals surface area contributed by atoms with Gasteiger partial charge in [-0.1, -0.05) is 6.58 Å². The molecule has 0 N–H and O–H groups in total. The number of amides is 1. The molecule has 2 nitrogen and oxygen atoms in total. The minimum absolute atomic E-state index is 0.0398. The van der Waals surface area contributed by atoms with Crippen molar-refractivity contribution < 1.29 is 4.79 Å². The van der Waals surface area contributed by atoms with Crippen LogP contribution in [-0.4, -0.2) is 17.4 Å². The van der Waals surface area contributed by atoms with E-state index in [0.717, 1.165) is 13.0 Å². The van der Waals surface area contributed by atoms with Crippen LogP contribution in [0.3, 0.4) is 0 Å². The molecule has 0 saturated carbocycles. The van der Waals surface area contributed by atoms with Gasteiger partial charge in [-0.3, -0.25) is 4.79 Å². The Morgan fingerprint density at radius 2 is 2.64 bits per heavy atom. The quantitative estimate of drug-likeness (QED) is 0.536. The van der Waals surface area contributed by atoms with Gasteiger partial charge in [0.1, 0.15) is 0 Å². The number of hydrogen-bond donors (Lipinski definition) is 0. The maximum absolute atomic E-state index is 11.3. The Labute approximate surface area is 66.9 Å². The molecule has 0 aromatic carbocycles. The summed E-state index contributed by atoms with van der Waals surface area (Å²) in [5.74, 6) is 2.67. The molecule has 58 valence electrons. The highest BCUT2D eigenvalue weighted by Gasteiger charge is 2.28. The molecule has 0 bridgehead atoms. The van der Waals surface area contributed by atoms with E-state index in [1.807, 2.05) is 0 Å². The van der Waals surface area contributed by atoms with E-state index in [1.54, 1.807) is 11.1 Å². The van der Waals surface area contributed by atoms with E-state index in [4.69, 9.17) is 6.42 Å². The lowest BCUT2D eigenvalue weighted by Gasteiger charge is -2.08. The second-order valence-corrected chi connectivity index (χ2v) is 2.61. The summed E-state index contributed by atoms with van der Waals surface area (Å²) >= 11 is 0. The van der Waals surface area contributed by atoms with Crippen molar-refractivity contribution in [2.75, 3.05) is 6.54 Å². The first-order chi connectivity index (χ1) is 5.29. The fraction of sp³-hybridized carbons (Fsp3) is 0.444. The first-order valence-corrected chi connectivity index (χ1v) is 3.66. The van der Waals surface area contributed by atoms with Crippen molar-refractivity contribution in [1.82, 2.24) is 4.90 Å². The number of likely N-dealkylation sites (tertiary alicyclic amines) is 1. The fourth-order valence-corrected chi connectivity index (χ4v) is 1.28. The maximum Gasteiger partial charge on any atom is 0.230 e. The third-order valence-electron chi connectivity index (χ3n) is 1.94. The average molecular weight is 149 g/mol. The van der Waals surface area contributed by atoms with Crippen LogP contribution in [0, 0.1) is 18.3 Å². The van der Waals surface area contributed by atoms with Crippen molar-refractivity contribution in [1.29, 1.82) is 0 Å². The predicted octanol–water partition coefficient (Wildman–Crippen LogP) is 1.00. The Hall–Kier alpha value is -1.23. The number of hydrogen-bond acceptors (Lipinski definition) is 1. The largest absolute Gasteiger partial charge is 0.319 e. The second kappa shape index (κ2) is 3.25. The summed E-state index contributed by atoms with van der Waals surface area (Å²) in [4.78, 5) is 12.9. The average Bonchev–Trinajstić information content (AvgIpc) is 2.34. The summed E-state index contributed by atoms with van der Waals surface area (Å²) in [6.07, 6.45) is 8.11. The zero-order valence-corrected chi connectivity index (χ0v) is 6.42. The molecule has 0 aromatic rings. The van der Waals surface area contributed by atoms with Crippen LogP contribution < -0.4 is 0 Å². The molecule has 11 heavy (non-hydrogen) atoms. The summed E-state index contributed by atoms with van der Waals surface area (Å²) in [6.45, 7) is 4.31. The van der Waals surface area contributed by atoms with Gasteiger partial charge in [-0.05, 0) is 12.6 Å². The Balaban J connectivity index is 2.57. The molecule has 1 atom stereocenters. The third kappa shape index (κ3) is 1.43. The van der Waals surface area contributed by atoms with Gasteiger partial charge in [-0.15, -0.1) is 12.3 Å². The number of carbonyl (C=O) groups excluding carboxylic acids is 1. The van der Waals surface area contributed by atoms with Crippen molar-refractivity contribution in [3.8, 4) is 12.3 Å². The lowest BCUT2D eigenvalue weighted by molar-refractivity contribution is -0.128. The van der Waals surface area contributed by atoms with E-state index < -0.39 is 0 Å². The van der Waals surface area contributed by atoms with Gasteiger partial charge in [0.15, 0.2) is 0 Å². The molecule has 1 amide bonds. The molecule has 0 aromatic heterocycles. The molecule has 0 radical (unpaired) electrons. The van der Waals surface area contributed by atoms with Crippen LogP contribution in [0.25, 0.3) is 0 Å². The summed E-state index contributed by atoms with van der Waals surface area (Å²) < 4.78 is 0. The first-order valence-electron chi connectivity index (χ1n) is 3.66. The molecule has 0 spiro atoms. The maximum atomic E-state index is 11.3. The van der Waals surface area contributed by atoms with E-state index in [2.05, 4.69) is 12.5 Å². The van der Waals surface area contributed by atoms with Gasteiger partial charge in [0.25, 0.3) is 0 Å². The fourth-order valence-electron chi connectivity index (χ4n) is 1.28. The van der Waals surface area contributed by atoms with Gasteiger partial charge in [0.05, 0.1) is 5.92 Å². The van der Waals surface area contributed by atoms with Crippen LogP contribution in [0.1, 0.15) is 12.8 Å². The zero-order chi connectivity index (χ0) is 8.27. The lowest BCUT2D eigenvalue weighted by atomic mass is 10.1. The number of terminal acetylenes is 1. The molecule has 1 saturated heterocycles. The van der Waals surface area contributed by atoms with Crippen LogP contribution in [0.15, 0.2) is 12.8 Å². The van der Waals surface area contributed by atoms with Gasteiger partial charge in [0, 0.05) is 13.0 Å². The normalized spacial score (nSPS) is 23.4. The molecule has 1 aliphatic heterocycles. The van der Waals surface area contributed by atoms with Crippen molar-refractivity contribution in [2.45, 2.75) is 12.8 Å². The van der Waals surface area contributed by atoms with E-state index in [9.17, 15) is 4.79 Å². The van der Waals surface area contributed by atoms with E-state index in [0.29, 0.717) is 6.42 Å². The minimum atomic E-state index is 0.0398. The Kier molecular flexibility index (Phi) is 2.32. The predicted molar refractivity (Wildman–Crippen MR) is 43.5 cm³/mol. The van der Waals surface area contributed by atoms with Crippen molar-refractivity contribution in [2.24, 2.45) is 5.92 Å². The zero-order valence-electron chi connectivity index (χ0n) is 6.42. The Morgan fingerprint density at radius 3 is 3.09 bits per heavy atom. The van der Waals surface area contributed by atoms with Crippen molar-refractivity contribution in [3.05, 3.63) is 12.8 Å². The van der Waals surface area contributed by atoms with Crippen LogP contribution in [0.5, 0.6) is 0 Å². The van der Waals surface area contributed by atoms with Gasteiger partial charge in [0.2, 0.25) is 5.91 Å². The Bertz CT molecular complexity index is 214. The molecular weight excluding hydrogens is 138 g/mol. The molecule has 1 fully saturated rings. The summed E-state index contributed by atoms with van der Waals surface area (Å²) in [5.41, 5.74) is 0. The molecule has 1 rings (SSSR count). The lowest BCUT2D eigenvalue weighted by Crippen LogP contribution is -2.21. The Morgan fingerprint density at radius 1 is 1.91 bits per heavy atom. The van der Waals surface area contributed by atoms with Crippen LogP contribution >= 0.6 is 0 Å².